The maximum absolute atomic E-state index is 11.9. The van der Waals surface area contributed by atoms with Crippen molar-refractivity contribution >= 4 is 47.0 Å². The van der Waals surface area contributed by atoms with Crippen LogP contribution in [0.2, 0.25) is 0 Å². The van der Waals surface area contributed by atoms with E-state index in [1.54, 1.807) is 4.90 Å². The summed E-state index contributed by atoms with van der Waals surface area (Å²) in [4.78, 5) is 17.9. The van der Waals surface area contributed by atoms with Gasteiger partial charge >= 0.3 is 0 Å². The van der Waals surface area contributed by atoms with Crippen molar-refractivity contribution in [3.05, 3.63) is 47.2 Å². The van der Waals surface area contributed by atoms with Crippen molar-refractivity contribution in [2.75, 3.05) is 49.9 Å². The lowest BCUT2D eigenvalue weighted by Crippen LogP contribution is -2.51. The largest absolute Gasteiger partial charge is 0.398 e. The molecule has 2 heterocycles. The Bertz CT molecular complexity index is 993. The van der Waals surface area contributed by atoms with Gasteiger partial charge in [-0.1, -0.05) is 38.7 Å². The summed E-state index contributed by atoms with van der Waals surface area (Å²) in [5.41, 5.74) is 12.9. The molecule has 8 nitrogen and oxygen atoms in total. The maximum atomic E-state index is 11.9. The molecule has 0 atom stereocenters. The van der Waals surface area contributed by atoms with E-state index in [2.05, 4.69) is 30.6 Å². The van der Waals surface area contributed by atoms with Crippen molar-refractivity contribution in [2.24, 2.45) is 0 Å². The van der Waals surface area contributed by atoms with Crippen LogP contribution in [0.4, 0.5) is 11.4 Å². The summed E-state index contributed by atoms with van der Waals surface area (Å²) in [5.74, 6) is 0.685. The Morgan fingerprint density at radius 3 is 2.45 bits per heavy atom. The van der Waals surface area contributed by atoms with Crippen LogP contribution in [0.1, 0.15) is 37.3 Å². The predicted octanol–water partition coefficient (Wildman–Crippen LogP) is 2.71. The summed E-state index contributed by atoms with van der Waals surface area (Å²) in [6.07, 6.45) is 3.33. The first-order chi connectivity index (χ1) is 15.8. The van der Waals surface area contributed by atoms with Gasteiger partial charge in [0.25, 0.3) is 0 Å². The number of amides is 1. The predicted molar refractivity (Wildman–Crippen MR) is 140 cm³/mol. The summed E-state index contributed by atoms with van der Waals surface area (Å²) in [6.45, 7) is 11.5. The van der Waals surface area contributed by atoms with Crippen LogP contribution < -0.4 is 16.0 Å². The van der Waals surface area contributed by atoms with Gasteiger partial charge in [-0.05, 0) is 30.0 Å². The van der Waals surface area contributed by atoms with E-state index in [4.69, 9.17) is 28.8 Å². The van der Waals surface area contributed by atoms with Crippen LogP contribution in [0.15, 0.2) is 36.1 Å². The van der Waals surface area contributed by atoms with Crippen molar-refractivity contribution in [2.45, 2.75) is 26.2 Å². The third-order valence-corrected chi connectivity index (χ3v) is 6.43. The van der Waals surface area contributed by atoms with Crippen LogP contribution in [0.3, 0.4) is 0 Å². The second-order valence-electron chi connectivity index (χ2n) is 8.56. The number of nitrogen functional groups attached to an aromatic ring is 1. The monoisotopic (exact) mass is 467 g/mol. The first kappa shape index (κ1) is 24.4. The minimum absolute atomic E-state index is 0.0677. The van der Waals surface area contributed by atoms with Gasteiger partial charge in [-0.25, -0.2) is 0 Å². The van der Waals surface area contributed by atoms with Crippen molar-refractivity contribution in [1.29, 1.82) is 10.8 Å². The number of rotatable bonds is 7. The summed E-state index contributed by atoms with van der Waals surface area (Å²) < 4.78 is 0. The van der Waals surface area contributed by atoms with Gasteiger partial charge in [-0.3, -0.25) is 10.2 Å². The van der Waals surface area contributed by atoms with Gasteiger partial charge in [-0.2, -0.15) is 0 Å². The van der Waals surface area contributed by atoms with Crippen molar-refractivity contribution < 1.29 is 4.79 Å². The minimum Gasteiger partial charge on any atom is -0.398 e. The second-order valence-corrected chi connectivity index (χ2v) is 8.80. The highest BCUT2D eigenvalue weighted by Crippen LogP contribution is 2.36. The minimum atomic E-state index is -0.0677. The lowest BCUT2D eigenvalue weighted by molar-refractivity contribution is -0.127. The van der Waals surface area contributed by atoms with E-state index in [1.165, 1.54) is 17.8 Å². The summed E-state index contributed by atoms with van der Waals surface area (Å²) in [6, 6.07) is 3.91. The SMILES string of the molecule is C=CC(=O)N1CCN(C(=N)C2=C(NC=S)CN(c3c(C(C)C)ccc(N)c3C=N)CC2)CC1. The standard InChI is InChI=1S/C24H33N7OS/c1-4-22(32)29-9-11-30(12-10-29)24(27)18-7-8-31(14-21(18)28-15-33)23-17(16(2)3)5-6-20(26)19(23)13-25/h4-6,13,15-16,25,27H,1,7-12,14,26H2,2-3H3,(H,28,33). The third-order valence-electron chi connectivity index (χ3n) is 6.31. The number of hydrogen-bond donors (Lipinski definition) is 4. The molecule has 1 aromatic rings. The fourth-order valence-electron chi connectivity index (χ4n) is 4.50. The van der Waals surface area contributed by atoms with Gasteiger partial charge in [0.2, 0.25) is 5.91 Å². The third kappa shape index (κ3) is 5.08. The number of anilines is 2. The van der Waals surface area contributed by atoms with E-state index in [0.29, 0.717) is 57.2 Å². The normalized spacial score (nSPS) is 16.6. The average molecular weight is 468 g/mol. The van der Waals surface area contributed by atoms with E-state index >= 15 is 0 Å². The van der Waals surface area contributed by atoms with Crippen molar-refractivity contribution in [3.63, 3.8) is 0 Å². The number of nitrogens with one attached hydrogen (secondary N) is 3. The molecule has 0 saturated carbocycles. The zero-order valence-electron chi connectivity index (χ0n) is 19.4. The van der Waals surface area contributed by atoms with E-state index < -0.39 is 0 Å². The van der Waals surface area contributed by atoms with Gasteiger partial charge in [0.05, 0.1) is 17.7 Å². The summed E-state index contributed by atoms with van der Waals surface area (Å²) in [5, 5.41) is 20.0. The fraction of sp³-hybridized carbons (Fsp3) is 0.417. The molecule has 9 heteroatoms. The first-order valence-corrected chi connectivity index (χ1v) is 11.6. The van der Waals surface area contributed by atoms with Gasteiger partial charge in [0, 0.05) is 61.5 Å². The molecule has 2 aliphatic heterocycles. The Morgan fingerprint density at radius 2 is 1.88 bits per heavy atom. The molecule has 0 radical (unpaired) electrons. The molecule has 0 aliphatic carbocycles. The second kappa shape index (κ2) is 10.6. The average Bonchev–Trinajstić information content (AvgIpc) is 2.83. The highest BCUT2D eigenvalue weighted by molar-refractivity contribution is 7.78. The zero-order chi connectivity index (χ0) is 24.1. The van der Waals surface area contributed by atoms with Crippen LogP contribution in [0.5, 0.6) is 0 Å². The maximum Gasteiger partial charge on any atom is 0.246 e. The Morgan fingerprint density at radius 1 is 1.21 bits per heavy atom. The summed E-state index contributed by atoms with van der Waals surface area (Å²) in [7, 11) is 0. The number of hydrogen-bond acceptors (Lipinski definition) is 6. The number of piperazine rings is 1. The lowest BCUT2D eigenvalue weighted by Gasteiger charge is -2.39. The number of amidine groups is 1. The zero-order valence-corrected chi connectivity index (χ0v) is 20.2. The molecule has 1 amide bonds. The molecule has 3 rings (SSSR count). The van der Waals surface area contributed by atoms with Gasteiger partial charge in [0.15, 0.2) is 0 Å². The topological polar surface area (TPSA) is 113 Å². The molecular formula is C24H33N7OS. The molecule has 0 aromatic heterocycles. The molecule has 0 unspecified atom stereocenters. The van der Waals surface area contributed by atoms with Crippen LogP contribution >= 0.6 is 12.2 Å². The van der Waals surface area contributed by atoms with Gasteiger partial charge < -0.3 is 31.2 Å². The van der Waals surface area contributed by atoms with E-state index in [1.807, 2.05) is 17.0 Å². The lowest BCUT2D eigenvalue weighted by atomic mass is 9.94. The molecule has 1 saturated heterocycles. The Labute approximate surface area is 201 Å². The fourth-order valence-corrected chi connectivity index (χ4v) is 4.64. The van der Waals surface area contributed by atoms with Crippen LogP contribution in [0, 0.1) is 10.8 Å². The first-order valence-electron chi connectivity index (χ1n) is 11.2. The Balaban J connectivity index is 1.87. The molecule has 1 aromatic carbocycles. The van der Waals surface area contributed by atoms with Gasteiger partial charge in [-0.15, -0.1) is 0 Å². The van der Waals surface area contributed by atoms with Gasteiger partial charge in [0.1, 0.15) is 5.84 Å². The number of carbonyl (C=O) groups excluding carboxylic acids is 1. The Hall–Kier alpha value is -3.20. The highest BCUT2D eigenvalue weighted by Gasteiger charge is 2.29. The van der Waals surface area contributed by atoms with E-state index in [0.717, 1.165) is 28.1 Å². The van der Waals surface area contributed by atoms with Crippen LogP contribution in [-0.4, -0.2) is 72.5 Å². The van der Waals surface area contributed by atoms with Crippen LogP contribution in [-0.2, 0) is 4.79 Å². The number of benzene rings is 1. The smallest absolute Gasteiger partial charge is 0.246 e. The Kier molecular flexibility index (Phi) is 7.86. The van der Waals surface area contributed by atoms with E-state index in [9.17, 15) is 4.79 Å². The number of thiocarbonyl (C=S) groups is 1. The van der Waals surface area contributed by atoms with Crippen molar-refractivity contribution in [1.82, 2.24) is 15.1 Å². The van der Waals surface area contributed by atoms with E-state index in [-0.39, 0.29) is 11.8 Å². The molecule has 33 heavy (non-hydrogen) atoms. The molecule has 0 bridgehead atoms. The molecule has 2 aliphatic rings. The van der Waals surface area contributed by atoms with Crippen molar-refractivity contribution in [3.8, 4) is 0 Å². The number of carbonyl (C=O) groups is 1. The summed E-state index contributed by atoms with van der Waals surface area (Å²) >= 11 is 5.10. The number of nitrogens with zero attached hydrogens (tertiary/aromatic N) is 3. The molecule has 176 valence electrons. The van der Waals surface area contributed by atoms with Crippen LogP contribution in [0.25, 0.3) is 0 Å². The molecular weight excluding hydrogens is 434 g/mol. The highest BCUT2D eigenvalue weighted by atomic mass is 32.1. The molecule has 5 N–H and O–H groups in total. The molecule has 0 spiro atoms. The molecule has 1 fully saturated rings. The number of nitrogens with two attached hydrogens (primary N) is 1. The quantitative estimate of drug-likeness (QED) is 0.161.